The maximum absolute atomic E-state index is 5.48. The van der Waals surface area contributed by atoms with Gasteiger partial charge in [0.25, 0.3) is 0 Å². The molecule has 6 rings (SSSR count). The Labute approximate surface area is 210 Å². The molecule has 2 aliphatic rings. The van der Waals surface area contributed by atoms with Crippen LogP contribution >= 0.6 is 0 Å². The van der Waals surface area contributed by atoms with Crippen molar-refractivity contribution in [2.24, 2.45) is 0 Å². The zero-order chi connectivity index (χ0) is 24.2. The average Bonchev–Trinajstić information content (AvgIpc) is 3.38. The topological polar surface area (TPSA) is 92.2 Å². The van der Waals surface area contributed by atoms with Gasteiger partial charge in [0.05, 0.1) is 19.5 Å². The fourth-order valence-corrected chi connectivity index (χ4v) is 4.92. The lowest BCUT2D eigenvalue weighted by atomic mass is 10.1. The fourth-order valence-electron chi connectivity index (χ4n) is 4.92. The SMILES string of the molecule is c1ccc(CNc2nc(Nc3ccc(N4CCOCC4)cc3)nc3c2ncn3C2CCCNC2)cc1. The summed E-state index contributed by atoms with van der Waals surface area (Å²) in [6, 6.07) is 19.1. The predicted molar refractivity (Wildman–Crippen MR) is 143 cm³/mol. The number of fused-ring (bicyclic) bond motifs is 1. The minimum atomic E-state index is 0.335. The van der Waals surface area contributed by atoms with Gasteiger partial charge in [0, 0.05) is 43.6 Å². The lowest BCUT2D eigenvalue weighted by molar-refractivity contribution is 0.122. The van der Waals surface area contributed by atoms with E-state index in [1.165, 1.54) is 11.3 Å². The minimum absolute atomic E-state index is 0.335. The molecular weight excluding hydrogens is 452 g/mol. The third-order valence-electron chi connectivity index (χ3n) is 6.89. The van der Waals surface area contributed by atoms with Gasteiger partial charge in [-0.05, 0) is 49.2 Å². The highest BCUT2D eigenvalue weighted by Crippen LogP contribution is 2.28. The number of aromatic nitrogens is 4. The lowest BCUT2D eigenvalue weighted by Gasteiger charge is -2.28. The minimum Gasteiger partial charge on any atom is -0.378 e. The highest BCUT2D eigenvalue weighted by molar-refractivity contribution is 5.85. The maximum atomic E-state index is 5.48. The van der Waals surface area contributed by atoms with Crippen molar-refractivity contribution < 1.29 is 4.74 Å². The van der Waals surface area contributed by atoms with Crippen LogP contribution in [-0.2, 0) is 11.3 Å². The van der Waals surface area contributed by atoms with Crippen molar-refractivity contribution in [3.8, 4) is 0 Å². The van der Waals surface area contributed by atoms with Crippen molar-refractivity contribution in [1.29, 1.82) is 0 Å². The van der Waals surface area contributed by atoms with Gasteiger partial charge in [-0.3, -0.25) is 0 Å². The van der Waals surface area contributed by atoms with Gasteiger partial charge in [-0.2, -0.15) is 9.97 Å². The summed E-state index contributed by atoms with van der Waals surface area (Å²) in [5.41, 5.74) is 4.99. The highest BCUT2D eigenvalue weighted by atomic mass is 16.5. The molecule has 2 fully saturated rings. The molecule has 186 valence electrons. The van der Waals surface area contributed by atoms with Crippen molar-refractivity contribution >= 4 is 34.3 Å². The van der Waals surface area contributed by atoms with Crippen LogP contribution in [0, 0.1) is 0 Å². The van der Waals surface area contributed by atoms with Crippen molar-refractivity contribution in [2.45, 2.75) is 25.4 Å². The van der Waals surface area contributed by atoms with Gasteiger partial charge in [-0.15, -0.1) is 0 Å². The zero-order valence-electron chi connectivity index (χ0n) is 20.4. The lowest BCUT2D eigenvalue weighted by Crippen LogP contribution is -2.36. The van der Waals surface area contributed by atoms with E-state index in [9.17, 15) is 0 Å². The summed E-state index contributed by atoms with van der Waals surface area (Å²) in [4.78, 5) is 16.8. The Bertz CT molecular complexity index is 1280. The van der Waals surface area contributed by atoms with Crippen molar-refractivity contribution in [3.63, 3.8) is 0 Å². The van der Waals surface area contributed by atoms with Crippen LogP contribution in [0.2, 0.25) is 0 Å². The van der Waals surface area contributed by atoms with Crippen molar-refractivity contribution in [3.05, 3.63) is 66.5 Å². The second-order valence-electron chi connectivity index (χ2n) is 9.33. The summed E-state index contributed by atoms with van der Waals surface area (Å²) in [5.74, 6) is 1.29. The Balaban J connectivity index is 1.29. The number of anilines is 4. The third kappa shape index (κ3) is 4.98. The quantitative estimate of drug-likeness (QED) is 0.363. The second kappa shape index (κ2) is 10.5. The van der Waals surface area contributed by atoms with Gasteiger partial charge in [0.1, 0.15) is 0 Å². The van der Waals surface area contributed by atoms with Crippen LogP contribution in [0.15, 0.2) is 60.9 Å². The molecule has 3 N–H and O–H groups in total. The molecule has 0 amide bonds. The summed E-state index contributed by atoms with van der Waals surface area (Å²) in [6.45, 7) is 6.04. The van der Waals surface area contributed by atoms with Gasteiger partial charge in [0.2, 0.25) is 5.95 Å². The highest BCUT2D eigenvalue weighted by Gasteiger charge is 2.21. The first-order valence-corrected chi connectivity index (χ1v) is 12.8. The summed E-state index contributed by atoms with van der Waals surface area (Å²) in [5, 5.41) is 10.4. The Morgan fingerprint density at radius 2 is 1.83 bits per heavy atom. The molecule has 4 heterocycles. The zero-order valence-corrected chi connectivity index (χ0v) is 20.4. The molecule has 0 spiro atoms. The van der Waals surface area contributed by atoms with Crippen molar-refractivity contribution in [2.75, 3.05) is 54.9 Å². The molecule has 9 heteroatoms. The van der Waals surface area contributed by atoms with Crippen LogP contribution in [0.5, 0.6) is 0 Å². The molecule has 2 aliphatic heterocycles. The van der Waals surface area contributed by atoms with Crippen LogP contribution < -0.4 is 20.9 Å². The Morgan fingerprint density at radius 1 is 1.00 bits per heavy atom. The molecule has 1 unspecified atom stereocenters. The first-order valence-electron chi connectivity index (χ1n) is 12.8. The van der Waals surface area contributed by atoms with E-state index in [1.807, 2.05) is 24.5 Å². The van der Waals surface area contributed by atoms with E-state index < -0.39 is 0 Å². The van der Waals surface area contributed by atoms with Crippen LogP contribution in [-0.4, -0.2) is 58.9 Å². The van der Waals surface area contributed by atoms with E-state index in [-0.39, 0.29) is 0 Å². The van der Waals surface area contributed by atoms with Crippen LogP contribution in [0.3, 0.4) is 0 Å². The Hall–Kier alpha value is -3.69. The second-order valence-corrected chi connectivity index (χ2v) is 9.33. The third-order valence-corrected chi connectivity index (χ3v) is 6.89. The predicted octanol–water partition coefficient (Wildman–Crippen LogP) is 3.94. The Kier molecular flexibility index (Phi) is 6.64. The summed E-state index contributed by atoms with van der Waals surface area (Å²) < 4.78 is 7.68. The number of nitrogens with zero attached hydrogens (tertiary/aromatic N) is 5. The van der Waals surface area contributed by atoms with Crippen LogP contribution in [0.1, 0.15) is 24.4 Å². The number of hydrogen-bond acceptors (Lipinski definition) is 8. The first kappa shape index (κ1) is 22.8. The van der Waals surface area contributed by atoms with Gasteiger partial charge >= 0.3 is 0 Å². The molecule has 0 radical (unpaired) electrons. The standard InChI is InChI=1S/C27H32N8O/c1-2-5-20(6-3-1)17-29-25-24-26(35(19-30-24)23-7-4-12-28-18-23)33-27(32-25)31-21-8-10-22(11-9-21)34-13-15-36-16-14-34/h1-3,5-6,8-11,19,23,28H,4,7,12-18H2,(H2,29,31,32,33). The smallest absolute Gasteiger partial charge is 0.231 e. The van der Waals surface area contributed by atoms with Crippen LogP contribution in [0.25, 0.3) is 11.2 Å². The molecule has 2 saturated heterocycles. The summed E-state index contributed by atoms with van der Waals surface area (Å²) in [6.07, 6.45) is 4.17. The van der Waals surface area contributed by atoms with Crippen LogP contribution in [0.4, 0.5) is 23.1 Å². The molecule has 4 aromatic rings. The number of hydrogen-bond donors (Lipinski definition) is 3. The maximum Gasteiger partial charge on any atom is 0.231 e. The van der Waals surface area contributed by atoms with E-state index in [0.717, 1.165) is 74.9 Å². The normalized spacial score (nSPS) is 18.3. The fraction of sp³-hybridized carbons (Fsp3) is 0.370. The first-order chi connectivity index (χ1) is 17.8. The molecule has 0 aliphatic carbocycles. The largest absolute Gasteiger partial charge is 0.378 e. The Morgan fingerprint density at radius 3 is 2.61 bits per heavy atom. The van der Waals surface area contributed by atoms with Gasteiger partial charge in [-0.1, -0.05) is 30.3 Å². The molecule has 2 aromatic carbocycles. The average molecular weight is 485 g/mol. The van der Waals surface area contributed by atoms with E-state index in [0.29, 0.717) is 18.5 Å². The van der Waals surface area contributed by atoms with E-state index in [1.54, 1.807) is 0 Å². The van der Waals surface area contributed by atoms with E-state index in [2.05, 4.69) is 61.8 Å². The van der Waals surface area contributed by atoms with E-state index >= 15 is 0 Å². The van der Waals surface area contributed by atoms with Crippen molar-refractivity contribution in [1.82, 2.24) is 24.8 Å². The number of nitrogens with one attached hydrogen (secondary N) is 3. The number of benzene rings is 2. The molecule has 0 saturated carbocycles. The molecule has 0 bridgehead atoms. The summed E-state index contributed by atoms with van der Waals surface area (Å²) >= 11 is 0. The number of piperidine rings is 1. The number of imidazole rings is 1. The van der Waals surface area contributed by atoms with Gasteiger partial charge in [-0.25, -0.2) is 4.98 Å². The molecule has 2 aromatic heterocycles. The number of ether oxygens (including phenoxy) is 1. The number of morpholine rings is 1. The molecule has 1 atom stereocenters. The monoisotopic (exact) mass is 484 g/mol. The molecule has 36 heavy (non-hydrogen) atoms. The van der Waals surface area contributed by atoms with E-state index in [4.69, 9.17) is 19.7 Å². The van der Waals surface area contributed by atoms with Gasteiger partial charge < -0.3 is 30.2 Å². The van der Waals surface area contributed by atoms with Gasteiger partial charge in [0.15, 0.2) is 17.0 Å². The molecular formula is C27H32N8O. The summed E-state index contributed by atoms with van der Waals surface area (Å²) in [7, 11) is 0. The number of rotatable bonds is 7. The molecule has 9 nitrogen and oxygen atoms in total.